The van der Waals surface area contributed by atoms with E-state index in [0.29, 0.717) is 6.04 Å². The van der Waals surface area contributed by atoms with Gasteiger partial charge in [0.25, 0.3) is 0 Å². The molecule has 1 aliphatic heterocycles. The van der Waals surface area contributed by atoms with Crippen LogP contribution in [0.5, 0.6) is 0 Å². The zero-order valence-electron chi connectivity index (χ0n) is 14.4. The summed E-state index contributed by atoms with van der Waals surface area (Å²) in [5.74, 6) is 1.38. The number of hydrogen-bond donors (Lipinski definition) is 1. The fourth-order valence-electron chi connectivity index (χ4n) is 4.81. The molecular weight excluding hydrogens is 296 g/mol. The van der Waals surface area contributed by atoms with Crippen molar-refractivity contribution in [3.05, 3.63) is 59.8 Å². The van der Waals surface area contributed by atoms with Gasteiger partial charge in [0.15, 0.2) is 0 Å². The van der Waals surface area contributed by atoms with Crippen LogP contribution in [0.3, 0.4) is 0 Å². The van der Waals surface area contributed by atoms with E-state index in [1.807, 2.05) is 30.5 Å². The molecule has 3 heteroatoms. The quantitative estimate of drug-likeness (QED) is 0.906. The highest BCUT2D eigenvalue weighted by Gasteiger charge is 2.49. The van der Waals surface area contributed by atoms with Gasteiger partial charge in [-0.15, -0.1) is 0 Å². The van der Waals surface area contributed by atoms with Gasteiger partial charge in [-0.2, -0.15) is 0 Å². The van der Waals surface area contributed by atoms with Gasteiger partial charge >= 0.3 is 0 Å². The third kappa shape index (κ3) is 2.51. The normalized spacial score (nSPS) is 30.0. The lowest BCUT2D eigenvalue weighted by Gasteiger charge is -2.53. The molecule has 0 bridgehead atoms. The van der Waals surface area contributed by atoms with E-state index < -0.39 is 5.60 Å². The molecule has 2 fully saturated rings. The SMILES string of the molecule is Cc1cccnc1N1CCC(O)(c2ccccc2)[C@H]2CCCC[C@H]21. The van der Waals surface area contributed by atoms with Crippen molar-refractivity contribution in [2.45, 2.75) is 50.7 Å². The summed E-state index contributed by atoms with van der Waals surface area (Å²) in [4.78, 5) is 7.13. The second kappa shape index (κ2) is 6.21. The Labute approximate surface area is 144 Å². The zero-order chi connectivity index (χ0) is 16.6. The van der Waals surface area contributed by atoms with Crippen molar-refractivity contribution in [3.8, 4) is 0 Å². The average molecular weight is 322 g/mol. The molecule has 1 saturated carbocycles. The van der Waals surface area contributed by atoms with Crippen LogP contribution in [0.2, 0.25) is 0 Å². The molecule has 24 heavy (non-hydrogen) atoms. The summed E-state index contributed by atoms with van der Waals surface area (Å²) in [5.41, 5.74) is 1.61. The third-order valence-electron chi connectivity index (χ3n) is 6.00. The van der Waals surface area contributed by atoms with E-state index in [9.17, 15) is 5.11 Å². The average Bonchev–Trinajstić information content (AvgIpc) is 2.64. The van der Waals surface area contributed by atoms with Crippen molar-refractivity contribution in [2.75, 3.05) is 11.4 Å². The lowest BCUT2D eigenvalue weighted by molar-refractivity contribution is -0.0691. The molecule has 2 aromatic rings. The van der Waals surface area contributed by atoms with E-state index in [1.165, 1.54) is 18.4 Å². The first kappa shape index (κ1) is 15.6. The summed E-state index contributed by atoms with van der Waals surface area (Å²) in [6.07, 6.45) is 7.36. The molecule has 3 nitrogen and oxygen atoms in total. The van der Waals surface area contributed by atoms with Crippen LogP contribution >= 0.6 is 0 Å². The molecule has 4 rings (SSSR count). The summed E-state index contributed by atoms with van der Waals surface area (Å²) in [7, 11) is 0. The Morgan fingerprint density at radius 2 is 1.88 bits per heavy atom. The molecule has 2 heterocycles. The summed E-state index contributed by atoms with van der Waals surface area (Å²) >= 11 is 0. The van der Waals surface area contributed by atoms with E-state index in [1.54, 1.807) is 0 Å². The summed E-state index contributed by atoms with van der Waals surface area (Å²) < 4.78 is 0. The lowest BCUT2D eigenvalue weighted by atomic mass is 9.66. The minimum atomic E-state index is -0.703. The molecule has 0 spiro atoms. The van der Waals surface area contributed by atoms with Crippen molar-refractivity contribution in [1.29, 1.82) is 0 Å². The Kier molecular flexibility index (Phi) is 4.05. The first-order valence-corrected chi connectivity index (χ1v) is 9.16. The van der Waals surface area contributed by atoms with E-state index in [0.717, 1.165) is 37.2 Å². The monoisotopic (exact) mass is 322 g/mol. The van der Waals surface area contributed by atoms with Gasteiger partial charge in [0.1, 0.15) is 5.82 Å². The molecule has 3 atom stereocenters. The Morgan fingerprint density at radius 1 is 1.08 bits per heavy atom. The number of pyridine rings is 1. The van der Waals surface area contributed by atoms with Gasteiger partial charge in [0.2, 0.25) is 0 Å². The van der Waals surface area contributed by atoms with Gasteiger partial charge in [-0.3, -0.25) is 0 Å². The van der Waals surface area contributed by atoms with Gasteiger partial charge in [0, 0.05) is 24.7 Å². The molecule has 0 amide bonds. The summed E-state index contributed by atoms with van der Waals surface area (Å²) in [5, 5.41) is 11.6. The Bertz CT molecular complexity index is 702. The molecule has 1 unspecified atom stereocenters. The van der Waals surface area contributed by atoms with Crippen LogP contribution in [0.4, 0.5) is 5.82 Å². The number of hydrogen-bond acceptors (Lipinski definition) is 3. The number of piperidine rings is 1. The Balaban J connectivity index is 1.71. The largest absolute Gasteiger partial charge is 0.385 e. The minimum absolute atomic E-state index is 0.281. The first-order chi connectivity index (χ1) is 11.7. The molecule has 1 N–H and O–H groups in total. The molecular formula is C21H26N2O. The zero-order valence-corrected chi connectivity index (χ0v) is 14.4. The number of aromatic nitrogens is 1. The van der Waals surface area contributed by atoms with Crippen LogP contribution in [-0.2, 0) is 5.60 Å². The standard InChI is InChI=1S/C21H26N2O/c1-16-8-7-14-22-20(16)23-15-13-21(24,17-9-3-2-4-10-17)18-11-5-6-12-19(18)23/h2-4,7-10,14,18-19,24H,5-6,11-13,15H2,1H3/t18-,19+,21?/m0/s1. The molecule has 1 aromatic heterocycles. The molecule has 1 saturated heterocycles. The second-order valence-corrected chi connectivity index (χ2v) is 7.34. The van der Waals surface area contributed by atoms with Crippen LogP contribution in [0.25, 0.3) is 0 Å². The fourth-order valence-corrected chi connectivity index (χ4v) is 4.81. The van der Waals surface area contributed by atoms with Gasteiger partial charge < -0.3 is 10.0 Å². The highest BCUT2D eigenvalue weighted by molar-refractivity contribution is 5.48. The second-order valence-electron chi connectivity index (χ2n) is 7.34. The molecule has 0 radical (unpaired) electrons. The van der Waals surface area contributed by atoms with Gasteiger partial charge in [0.05, 0.1) is 5.60 Å². The van der Waals surface area contributed by atoms with Gasteiger partial charge in [-0.25, -0.2) is 4.98 Å². The number of anilines is 1. The predicted octanol–water partition coefficient (Wildman–Crippen LogP) is 4.05. The summed E-state index contributed by atoms with van der Waals surface area (Å²) in [6, 6.07) is 14.8. The summed E-state index contributed by atoms with van der Waals surface area (Å²) in [6.45, 7) is 3.00. The van der Waals surface area contributed by atoms with E-state index in [2.05, 4.69) is 35.0 Å². The van der Waals surface area contributed by atoms with Crippen molar-refractivity contribution >= 4 is 5.82 Å². The van der Waals surface area contributed by atoms with Crippen LogP contribution in [0.1, 0.15) is 43.2 Å². The van der Waals surface area contributed by atoms with Crippen molar-refractivity contribution in [2.24, 2.45) is 5.92 Å². The number of benzene rings is 1. The lowest BCUT2D eigenvalue weighted by Crippen LogP contribution is -2.58. The maximum absolute atomic E-state index is 11.6. The van der Waals surface area contributed by atoms with Gasteiger partial charge in [-0.05, 0) is 43.4 Å². The first-order valence-electron chi connectivity index (χ1n) is 9.16. The molecule has 2 aliphatic rings. The predicted molar refractivity (Wildman–Crippen MR) is 97.0 cm³/mol. The van der Waals surface area contributed by atoms with Crippen LogP contribution in [-0.4, -0.2) is 22.7 Å². The van der Waals surface area contributed by atoms with E-state index >= 15 is 0 Å². The van der Waals surface area contributed by atoms with Crippen molar-refractivity contribution in [3.63, 3.8) is 0 Å². The maximum Gasteiger partial charge on any atom is 0.131 e. The number of aryl methyl sites for hydroxylation is 1. The Hall–Kier alpha value is -1.87. The van der Waals surface area contributed by atoms with Crippen LogP contribution in [0, 0.1) is 12.8 Å². The number of fused-ring (bicyclic) bond motifs is 1. The highest BCUT2D eigenvalue weighted by atomic mass is 16.3. The van der Waals surface area contributed by atoms with Crippen molar-refractivity contribution in [1.82, 2.24) is 4.98 Å². The number of rotatable bonds is 2. The molecule has 126 valence electrons. The van der Waals surface area contributed by atoms with E-state index in [4.69, 9.17) is 0 Å². The number of aliphatic hydroxyl groups is 1. The molecule has 1 aromatic carbocycles. The third-order valence-corrected chi connectivity index (χ3v) is 6.00. The maximum atomic E-state index is 11.6. The molecule has 1 aliphatic carbocycles. The fraction of sp³-hybridized carbons (Fsp3) is 0.476. The highest BCUT2D eigenvalue weighted by Crippen LogP contribution is 2.48. The van der Waals surface area contributed by atoms with Crippen molar-refractivity contribution < 1.29 is 5.11 Å². The minimum Gasteiger partial charge on any atom is -0.385 e. The van der Waals surface area contributed by atoms with E-state index in [-0.39, 0.29) is 5.92 Å². The topological polar surface area (TPSA) is 36.4 Å². The Morgan fingerprint density at radius 3 is 2.67 bits per heavy atom. The van der Waals surface area contributed by atoms with Crippen LogP contribution in [0.15, 0.2) is 48.7 Å². The van der Waals surface area contributed by atoms with Crippen LogP contribution < -0.4 is 4.90 Å². The van der Waals surface area contributed by atoms with Gasteiger partial charge in [-0.1, -0.05) is 49.2 Å². The number of nitrogens with zero attached hydrogens (tertiary/aromatic N) is 2. The smallest absolute Gasteiger partial charge is 0.131 e.